The van der Waals surface area contributed by atoms with E-state index in [1.165, 1.54) is 0 Å². The molecule has 1 unspecified atom stereocenters. The number of methoxy groups -OCH3 is 1. The van der Waals surface area contributed by atoms with Gasteiger partial charge < -0.3 is 10.1 Å². The number of likely N-dealkylation sites (N-methyl/N-ethyl adjacent to an activating group) is 1. The summed E-state index contributed by atoms with van der Waals surface area (Å²) in [6, 6.07) is -0.0202. The second kappa shape index (κ2) is 7.06. The van der Waals surface area contributed by atoms with Crippen molar-refractivity contribution in [1.29, 1.82) is 0 Å². The molecule has 0 saturated carbocycles. The van der Waals surface area contributed by atoms with Crippen LogP contribution in [0.15, 0.2) is 0 Å². The molecule has 0 aromatic rings. The standard InChI is InChI=1S/C11H22N2O4S/c1-3-13(8-11(14)12-5-6-17-2)10-4-7-18(15,16)9-10/h10H,3-9H2,1-2H3,(H,12,14). The molecule has 1 N–H and O–H groups in total. The average Bonchev–Trinajstić information content (AvgIpc) is 2.67. The van der Waals surface area contributed by atoms with Crippen molar-refractivity contribution in [2.24, 2.45) is 0 Å². The molecule has 1 rings (SSSR count). The first-order chi connectivity index (χ1) is 8.48. The molecule has 7 heteroatoms. The van der Waals surface area contributed by atoms with Crippen molar-refractivity contribution >= 4 is 15.7 Å². The zero-order valence-corrected chi connectivity index (χ0v) is 11.8. The van der Waals surface area contributed by atoms with E-state index < -0.39 is 9.84 Å². The van der Waals surface area contributed by atoms with Crippen LogP contribution in [0.2, 0.25) is 0 Å². The average molecular weight is 278 g/mol. The Bertz CT molecular complexity index is 369. The molecule has 0 aromatic heterocycles. The monoisotopic (exact) mass is 278 g/mol. The normalized spacial score (nSPS) is 22.3. The Kier molecular flexibility index (Phi) is 6.04. The molecule has 106 valence electrons. The zero-order chi connectivity index (χ0) is 13.6. The van der Waals surface area contributed by atoms with Crippen LogP contribution in [0.4, 0.5) is 0 Å². The van der Waals surface area contributed by atoms with Crippen LogP contribution in [0.5, 0.6) is 0 Å². The van der Waals surface area contributed by atoms with Crippen LogP contribution >= 0.6 is 0 Å². The van der Waals surface area contributed by atoms with Gasteiger partial charge in [-0.2, -0.15) is 0 Å². The molecule has 18 heavy (non-hydrogen) atoms. The predicted octanol–water partition coefficient (Wildman–Crippen LogP) is -0.742. The maximum atomic E-state index is 11.6. The molecule has 1 amide bonds. The van der Waals surface area contributed by atoms with Crippen molar-refractivity contribution in [1.82, 2.24) is 10.2 Å². The van der Waals surface area contributed by atoms with E-state index >= 15 is 0 Å². The van der Waals surface area contributed by atoms with E-state index in [1.807, 2.05) is 11.8 Å². The molecule has 0 bridgehead atoms. The van der Waals surface area contributed by atoms with E-state index in [0.29, 0.717) is 26.1 Å². The minimum absolute atomic E-state index is 0.0202. The van der Waals surface area contributed by atoms with Crippen molar-refractivity contribution in [3.8, 4) is 0 Å². The summed E-state index contributed by atoms with van der Waals surface area (Å²) in [7, 11) is -1.32. The highest BCUT2D eigenvalue weighted by Crippen LogP contribution is 2.17. The van der Waals surface area contributed by atoms with E-state index in [0.717, 1.165) is 0 Å². The zero-order valence-electron chi connectivity index (χ0n) is 11.0. The second-order valence-corrected chi connectivity index (χ2v) is 6.69. The molecule has 0 aromatic carbocycles. The summed E-state index contributed by atoms with van der Waals surface area (Å²) in [4.78, 5) is 13.6. The number of ether oxygens (including phenoxy) is 1. The fourth-order valence-corrected chi connectivity index (χ4v) is 3.86. The topological polar surface area (TPSA) is 75.7 Å². The van der Waals surface area contributed by atoms with Crippen molar-refractivity contribution < 1.29 is 17.9 Å². The number of nitrogens with one attached hydrogen (secondary N) is 1. The van der Waals surface area contributed by atoms with Crippen molar-refractivity contribution in [3.63, 3.8) is 0 Å². The second-order valence-electron chi connectivity index (χ2n) is 4.46. The van der Waals surface area contributed by atoms with Crippen LogP contribution in [-0.4, -0.2) is 70.1 Å². The quantitative estimate of drug-likeness (QED) is 0.621. The van der Waals surface area contributed by atoms with Crippen molar-refractivity contribution in [2.75, 3.05) is 44.9 Å². The molecule has 1 fully saturated rings. The number of rotatable bonds is 7. The summed E-state index contributed by atoms with van der Waals surface area (Å²) in [6.07, 6.45) is 0.627. The van der Waals surface area contributed by atoms with Gasteiger partial charge in [0.25, 0.3) is 0 Å². The molecular formula is C11H22N2O4S. The van der Waals surface area contributed by atoms with E-state index in [-0.39, 0.29) is 30.0 Å². The fourth-order valence-electron chi connectivity index (χ4n) is 2.10. The molecular weight excluding hydrogens is 256 g/mol. The molecule has 1 aliphatic rings. The highest BCUT2D eigenvalue weighted by atomic mass is 32.2. The number of amides is 1. The van der Waals surface area contributed by atoms with Gasteiger partial charge in [0.2, 0.25) is 5.91 Å². The van der Waals surface area contributed by atoms with Gasteiger partial charge in [-0.15, -0.1) is 0 Å². The smallest absolute Gasteiger partial charge is 0.234 e. The Morgan fingerprint density at radius 1 is 1.50 bits per heavy atom. The SMILES string of the molecule is CCN(CC(=O)NCCOC)C1CCS(=O)(=O)C1. The first-order valence-electron chi connectivity index (χ1n) is 6.18. The van der Waals surface area contributed by atoms with Crippen molar-refractivity contribution in [2.45, 2.75) is 19.4 Å². The molecule has 1 saturated heterocycles. The Labute approximate surface area is 109 Å². The third kappa shape index (κ3) is 4.91. The van der Waals surface area contributed by atoms with Gasteiger partial charge in [0.05, 0.1) is 24.7 Å². The first-order valence-corrected chi connectivity index (χ1v) is 8.00. The molecule has 1 aliphatic heterocycles. The van der Waals surface area contributed by atoms with Crippen LogP contribution in [-0.2, 0) is 19.4 Å². The summed E-state index contributed by atoms with van der Waals surface area (Å²) in [5.74, 6) is 0.323. The van der Waals surface area contributed by atoms with Gasteiger partial charge in [-0.1, -0.05) is 6.92 Å². The Hall–Kier alpha value is -0.660. The van der Waals surface area contributed by atoms with Crippen LogP contribution < -0.4 is 5.32 Å². The van der Waals surface area contributed by atoms with E-state index in [1.54, 1.807) is 7.11 Å². The number of carbonyl (C=O) groups excluding carboxylic acids is 1. The van der Waals surface area contributed by atoms with Gasteiger partial charge in [0.15, 0.2) is 9.84 Å². The summed E-state index contributed by atoms with van der Waals surface area (Å²) < 4.78 is 27.7. The fraction of sp³-hybridized carbons (Fsp3) is 0.909. The molecule has 0 spiro atoms. The van der Waals surface area contributed by atoms with Crippen LogP contribution in [0.3, 0.4) is 0 Å². The third-order valence-corrected chi connectivity index (χ3v) is 4.86. The van der Waals surface area contributed by atoms with Gasteiger partial charge in [0, 0.05) is 19.7 Å². The number of hydrogen-bond donors (Lipinski definition) is 1. The van der Waals surface area contributed by atoms with Gasteiger partial charge >= 0.3 is 0 Å². The summed E-state index contributed by atoms with van der Waals surface area (Å²) in [5.41, 5.74) is 0. The molecule has 1 atom stereocenters. The first kappa shape index (κ1) is 15.4. The number of nitrogens with zero attached hydrogens (tertiary/aromatic N) is 1. The Balaban J connectivity index is 2.40. The van der Waals surface area contributed by atoms with E-state index in [4.69, 9.17) is 4.74 Å². The summed E-state index contributed by atoms with van der Waals surface area (Å²) >= 11 is 0. The summed E-state index contributed by atoms with van der Waals surface area (Å²) in [6.45, 7) is 3.83. The van der Waals surface area contributed by atoms with E-state index in [9.17, 15) is 13.2 Å². The highest BCUT2D eigenvalue weighted by Gasteiger charge is 2.32. The molecule has 1 heterocycles. The largest absolute Gasteiger partial charge is 0.383 e. The van der Waals surface area contributed by atoms with Crippen LogP contribution in [0, 0.1) is 0 Å². The number of hydrogen-bond acceptors (Lipinski definition) is 5. The van der Waals surface area contributed by atoms with Gasteiger partial charge in [-0.25, -0.2) is 8.42 Å². The lowest BCUT2D eigenvalue weighted by atomic mass is 10.2. The minimum Gasteiger partial charge on any atom is -0.383 e. The lowest BCUT2D eigenvalue weighted by molar-refractivity contribution is -0.122. The Morgan fingerprint density at radius 2 is 2.22 bits per heavy atom. The third-order valence-electron chi connectivity index (χ3n) is 3.11. The highest BCUT2D eigenvalue weighted by molar-refractivity contribution is 7.91. The number of sulfone groups is 1. The van der Waals surface area contributed by atoms with E-state index in [2.05, 4.69) is 5.32 Å². The van der Waals surface area contributed by atoms with Gasteiger partial charge in [-0.3, -0.25) is 9.69 Å². The maximum absolute atomic E-state index is 11.6. The van der Waals surface area contributed by atoms with Gasteiger partial charge in [-0.05, 0) is 13.0 Å². The lowest BCUT2D eigenvalue weighted by Gasteiger charge is -2.25. The lowest BCUT2D eigenvalue weighted by Crippen LogP contribution is -2.44. The predicted molar refractivity (Wildman–Crippen MR) is 69.2 cm³/mol. The van der Waals surface area contributed by atoms with Gasteiger partial charge in [0.1, 0.15) is 0 Å². The molecule has 0 aliphatic carbocycles. The number of carbonyl (C=O) groups is 1. The molecule has 6 nitrogen and oxygen atoms in total. The minimum atomic E-state index is -2.90. The maximum Gasteiger partial charge on any atom is 0.234 e. The summed E-state index contributed by atoms with van der Waals surface area (Å²) in [5, 5.41) is 2.74. The Morgan fingerprint density at radius 3 is 2.72 bits per heavy atom. The molecule has 0 radical (unpaired) electrons. The van der Waals surface area contributed by atoms with Crippen LogP contribution in [0.25, 0.3) is 0 Å². The van der Waals surface area contributed by atoms with Crippen LogP contribution in [0.1, 0.15) is 13.3 Å². The van der Waals surface area contributed by atoms with Crippen molar-refractivity contribution in [3.05, 3.63) is 0 Å².